The second-order valence-electron chi connectivity index (χ2n) is 19.4. The van der Waals surface area contributed by atoms with Gasteiger partial charge < -0.3 is 18.9 Å². The molecule has 12 nitrogen and oxygen atoms in total. The number of carbonyl (C=O) groups excluding carboxylic acids is 4. The van der Waals surface area contributed by atoms with Crippen LogP contribution in [0.5, 0.6) is 0 Å². The average Bonchev–Trinajstić information content (AvgIpc) is 4.36. The van der Waals surface area contributed by atoms with Gasteiger partial charge in [0, 0.05) is 77.4 Å². The Hall–Kier alpha value is -6.74. The number of hydrogen-bond acceptors (Lipinski definition) is 10. The predicted molar refractivity (Wildman–Crippen MR) is 276 cm³/mol. The second-order valence-corrected chi connectivity index (χ2v) is 21.1. The Morgan fingerprint density at radius 3 is 1.20 bits per heavy atom. The number of fused-ring (bicyclic) bond motifs is 2. The highest BCUT2D eigenvalue weighted by Gasteiger charge is 2.58. The lowest BCUT2D eigenvalue weighted by Crippen LogP contribution is -2.47. The van der Waals surface area contributed by atoms with Gasteiger partial charge >= 0.3 is 11.9 Å². The van der Waals surface area contributed by atoms with E-state index < -0.39 is 34.2 Å². The van der Waals surface area contributed by atoms with Gasteiger partial charge in [-0.25, -0.2) is 0 Å². The van der Waals surface area contributed by atoms with E-state index in [1.807, 2.05) is 0 Å². The number of carbonyl (C=O) groups is 4. The monoisotopic (exact) mass is 1070 g/mol. The summed E-state index contributed by atoms with van der Waals surface area (Å²) in [5, 5.41) is 20.5. The van der Waals surface area contributed by atoms with E-state index in [1.54, 1.807) is 143 Å². The predicted octanol–water partition coefficient (Wildman–Crippen LogP) is 11.9. The molecular weight excluding hydrogens is 1020 g/mol. The molecule has 0 N–H and O–H groups in total. The molecule has 2 atom stereocenters. The van der Waals surface area contributed by atoms with Crippen LogP contribution < -0.4 is 0 Å². The van der Waals surface area contributed by atoms with Crippen LogP contribution in [0.1, 0.15) is 104 Å². The summed E-state index contributed by atoms with van der Waals surface area (Å²) in [6, 6.07) is 42.6. The van der Waals surface area contributed by atoms with Crippen molar-refractivity contribution in [1.82, 2.24) is 9.80 Å². The molecule has 2 aliphatic carbocycles. The van der Waals surface area contributed by atoms with Crippen molar-refractivity contribution in [3.05, 3.63) is 209 Å². The average molecular weight is 1070 g/mol. The third-order valence-corrected chi connectivity index (χ3v) is 15.6. The fraction of sp³-hybridized carbons (Fsp3) is 0.276. The highest BCUT2D eigenvalue weighted by atomic mass is 35.5. The normalized spacial score (nSPS) is 19.5. The molecule has 0 aromatic heterocycles. The van der Waals surface area contributed by atoms with E-state index in [0.717, 1.165) is 11.1 Å². The maximum Gasteiger partial charge on any atom is 0.306 e. The number of halogens is 4. The van der Waals surface area contributed by atoms with Crippen LogP contribution in [0, 0.1) is 33.5 Å². The van der Waals surface area contributed by atoms with Crippen LogP contribution in [0.4, 0.5) is 0 Å². The van der Waals surface area contributed by atoms with Crippen LogP contribution >= 0.6 is 46.4 Å². The zero-order valence-corrected chi connectivity index (χ0v) is 42.8. The number of amides is 2. The molecule has 2 heterocycles. The summed E-state index contributed by atoms with van der Waals surface area (Å²) >= 11 is 26.7. The molecule has 2 amide bonds. The fourth-order valence-electron chi connectivity index (χ4n) is 9.80. The molecule has 2 fully saturated rings. The molecule has 10 rings (SSSR count). The molecular formula is C58H46Cl4N4O8. The number of rotatable bonds is 19. The van der Waals surface area contributed by atoms with Crippen molar-refractivity contribution in [2.24, 2.45) is 10.8 Å². The van der Waals surface area contributed by atoms with E-state index >= 15 is 0 Å². The highest BCUT2D eigenvalue weighted by molar-refractivity contribution is 6.33. The van der Waals surface area contributed by atoms with Gasteiger partial charge in [0.25, 0.3) is 11.8 Å². The molecule has 0 radical (unpaired) electrons. The SMILES string of the molecule is N#Cc1ccc(CN2C(=O)c3cccc(Cl)c3C2(OCC2(COC(=O)CCC(=O)OCC3(COC4(c5ccc(Cl)cc5)c5c(Cl)cccc5C(=O)N4Cc4ccc(C#N)cc4)CC3)CC2)c2ccc(Cl)cc2)cc1. The molecule has 2 unspecified atom stereocenters. The molecule has 374 valence electrons. The first-order valence-electron chi connectivity index (χ1n) is 24.0. The lowest BCUT2D eigenvalue weighted by Gasteiger charge is -2.41. The minimum Gasteiger partial charge on any atom is -0.465 e. The molecule has 2 aliphatic heterocycles. The van der Waals surface area contributed by atoms with E-state index in [0.29, 0.717) is 90.3 Å². The van der Waals surface area contributed by atoms with E-state index in [-0.39, 0.29) is 64.2 Å². The van der Waals surface area contributed by atoms with Gasteiger partial charge in [0.15, 0.2) is 11.4 Å². The summed E-state index contributed by atoms with van der Waals surface area (Å²) < 4.78 is 25.7. The summed E-state index contributed by atoms with van der Waals surface area (Å²) in [4.78, 5) is 58.6. The van der Waals surface area contributed by atoms with Crippen LogP contribution in [0.15, 0.2) is 133 Å². The maximum absolute atomic E-state index is 14.4. The minimum atomic E-state index is -1.50. The van der Waals surface area contributed by atoms with Crippen LogP contribution in [0.25, 0.3) is 0 Å². The third-order valence-electron chi connectivity index (χ3n) is 14.4. The van der Waals surface area contributed by atoms with Crippen molar-refractivity contribution in [2.45, 2.75) is 63.1 Å². The quantitative estimate of drug-likeness (QED) is 0.0715. The van der Waals surface area contributed by atoms with E-state index in [4.69, 9.17) is 65.4 Å². The first-order chi connectivity index (χ1) is 35.7. The van der Waals surface area contributed by atoms with Gasteiger partial charge in [0.2, 0.25) is 0 Å². The molecule has 0 saturated heterocycles. The summed E-state index contributed by atoms with van der Waals surface area (Å²) in [6.07, 6.45) is 2.29. The van der Waals surface area contributed by atoms with Gasteiger partial charge in [-0.05, 0) is 110 Å². The smallest absolute Gasteiger partial charge is 0.306 e. The number of esters is 2. The van der Waals surface area contributed by atoms with Crippen LogP contribution in [-0.4, -0.2) is 60.0 Å². The van der Waals surface area contributed by atoms with Crippen molar-refractivity contribution >= 4 is 70.2 Å². The van der Waals surface area contributed by atoms with E-state index in [2.05, 4.69) is 12.1 Å². The molecule has 16 heteroatoms. The Kier molecular flexibility index (Phi) is 14.1. The number of benzene rings is 6. The van der Waals surface area contributed by atoms with Gasteiger partial charge in [0.1, 0.15) is 0 Å². The fourth-order valence-corrected chi connectivity index (χ4v) is 10.7. The Morgan fingerprint density at radius 1 is 0.500 bits per heavy atom. The number of nitriles is 2. The van der Waals surface area contributed by atoms with Crippen molar-refractivity contribution in [3.8, 4) is 12.1 Å². The van der Waals surface area contributed by atoms with E-state index in [1.165, 1.54) is 0 Å². The summed E-state index contributed by atoms with van der Waals surface area (Å²) in [6.45, 7) is 0.469. The minimum absolute atomic E-state index is 0.0180. The van der Waals surface area contributed by atoms with Crippen LogP contribution in [0.3, 0.4) is 0 Å². The van der Waals surface area contributed by atoms with E-state index in [9.17, 15) is 29.7 Å². The van der Waals surface area contributed by atoms with Gasteiger partial charge in [-0.3, -0.25) is 29.0 Å². The van der Waals surface area contributed by atoms with Crippen molar-refractivity contribution in [3.63, 3.8) is 0 Å². The first-order valence-corrected chi connectivity index (χ1v) is 25.5. The number of hydrogen-bond donors (Lipinski definition) is 0. The largest absolute Gasteiger partial charge is 0.465 e. The molecule has 0 bridgehead atoms. The molecule has 6 aromatic rings. The zero-order valence-electron chi connectivity index (χ0n) is 39.8. The Bertz CT molecular complexity index is 3040. The van der Waals surface area contributed by atoms with Crippen LogP contribution in [-0.2, 0) is 53.1 Å². The van der Waals surface area contributed by atoms with Crippen LogP contribution in [0.2, 0.25) is 20.1 Å². The number of ether oxygens (including phenoxy) is 4. The van der Waals surface area contributed by atoms with Gasteiger partial charge in [-0.1, -0.05) is 107 Å². The van der Waals surface area contributed by atoms with Crippen molar-refractivity contribution < 1.29 is 38.1 Å². The maximum atomic E-state index is 14.4. The van der Waals surface area contributed by atoms with Crippen molar-refractivity contribution in [1.29, 1.82) is 10.5 Å². The standard InChI is InChI=1S/C58H46Cl4N4O8/c59-43-19-15-41(16-20-43)57(51-45(3-1-5-47(51)61)53(69)65(57)31-39-11-7-37(29-63)8-12-39)73-35-55(25-26-55)33-71-49(67)23-24-50(68)72-34-56(27-28-56)36-74-58(42-17-21-44(60)22-18-42)52-46(4-2-6-48(52)62)54(70)66(58)32-40-13-9-38(30-64)10-14-40/h1-22H,23-28,31-36H2. The van der Waals surface area contributed by atoms with Gasteiger partial charge in [0.05, 0.1) is 62.5 Å². The molecule has 0 spiro atoms. The molecule has 2 saturated carbocycles. The lowest BCUT2D eigenvalue weighted by molar-refractivity contribution is -0.157. The topological polar surface area (TPSA) is 159 Å². The van der Waals surface area contributed by atoms with Gasteiger partial charge in [-0.15, -0.1) is 0 Å². The lowest BCUT2D eigenvalue weighted by atomic mass is 9.92. The zero-order chi connectivity index (χ0) is 51.8. The number of nitrogens with zero attached hydrogens (tertiary/aromatic N) is 4. The highest BCUT2D eigenvalue weighted by Crippen LogP contribution is 2.55. The third kappa shape index (κ3) is 9.75. The van der Waals surface area contributed by atoms with Gasteiger partial charge in [-0.2, -0.15) is 10.5 Å². The first kappa shape index (κ1) is 50.8. The Balaban J connectivity index is 0.793. The summed E-state index contributed by atoms with van der Waals surface area (Å²) in [5.41, 5.74) is 1.34. The molecule has 6 aromatic carbocycles. The molecule has 4 aliphatic rings. The summed E-state index contributed by atoms with van der Waals surface area (Å²) in [7, 11) is 0. The summed E-state index contributed by atoms with van der Waals surface area (Å²) in [5.74, 6) is -1.75. The second kappa shape index (κ2) is 20.5. The van der Waals surface area contributed by atoms with Crippen molar-refractivity contribution in [2.75, 3.05) is 26.4 Å². The Morgan fingerprint density at radius 2 is 0.865 bits per heavy atom. The molecule has 74 heavy (non-hydrogen) atoms. The Labute approximate surface area is 447 Å².